The predicted octanol–water partition coefficient (Wildman–Crippen LogP) is 2.31. The Morgan fingerprint density at radius 2 is 2.05 bits per heavy atom. The summed E-state index contributed by atoms with van der Waals surface area (Å²) in [5, 5.41) is 14.3. The van der Waals surface area contributed by atoms with Gasteiger partial charge in [-0.25, -0.2) is 0 Å². The molecule has 1 aromatic rings. The van der Waals surface area contributed by atoms with Crippen molar-refractivity contribution in [2.45, 2.75) is 25.3 Å². The molecule has 2 rings (SSSR count). The molecule has 0 unspecified atom stereocenters. The third kappa shape index (κ3) is 2.68. The van der Waals surface area contributed by atoms with Crippen LogP contribution in [0.4, 0.5) is 15.8 Å². The van der Waals surface area contributed by atoms with Crippen molar-refractivity contribution in [2.75, 3.05) is 25.0 Å². The van der Waals surface area contributed by atoms with Crippen molar-refractivity contribution in [1.29, 1.82) is 0 Å². The Hall–Kier alpha value is -1.69. The monoisotopic (exact) mass is 267 g/mol. The largest absolute Gasteiger partial charge is 0.366 e. The van der Waals surface area contributed by atoms with Crippen LogP contribution >= 0.6 is 0 Å². The zero-order valence-corrected chi connectivity index (χ0v) is 11.1. The molecular formula is C13H18FN3O2. The van der Waals surface area contributed by atoms with E-state index in [1.165, 1.54) is 6.07 Å². The van der Waals surface area contributed by atoms with E-state index < -0.39 is 16.4 Å². The molecule has 1 heterocycles. The summed E-state index contributed by atoms with van der Waals surface area (Å²) in [6.07, 6.45) is 1.74. The molecule has 0 saturated carbocycles. The lowest BCUT2D eigenvalue weighted by Crippen LogP contribution is -2.50. The van der Waals surface area contributed by atoms with Crippen LogP contribution in [0.25, 0.3) is 0 Å². The van der Waals surface area contributed by atoms with E-state index in [9.17, 15) is 14.5 Å². The molecule has 1 aliphatic heterocycles. The highest BCUT2D eigenvalue weighted by Gasteiger charge is 2.32. The van der Waals surface area contributed by atoms with Crippen LogP contribution in [0.15, 0.2) is 18.2 Å². The number of piperidine rings is 1. The topological polar surface area (TPSA) is 58.4 Å². The molecule has 1 N–H and O–H groups in total. The molecular weight excluding hydrogens is 249 g/mol. The van der Waals surface area contributed by atoms with Gasteiger partial charge in [0, 0.05) is 18.6 Å². The average Bonchev–Trinajstić information content (AvgIpc) is 2.39. The molecule has 1 aliphatic rings. The van der Waals surface area contributed by atoms with Crippen molar-refractivity contribution in [3.8, 4) is 0 Å². The summed E-state index contributed by atoms with van der Waals surface area (Å²) in [6, 6.07) is 4.26. The van der Waals surface area contributed by atoms with Gasteiger partial charge in [-0.15, -0.1) is 0 Å². The van der Waals surface area contributed by atoms with Crippen molar-refractivity contribution in [3.63, 3.8) is 0 Å². The standard InChI is InChI=1S/C13H18FN3O2/c1-13(15-2)6-8-16(9-7-13)11-5-3-4-10(14)12(11)17(18)19/h3-5,15H,6-9H2,1-2H3. The van der Waals surface area contributed by atoms with E-state index in [1.54, 1.807) is 6.07 Å². The van der Waals surface area contributed by atoms with E-state index in [0.29, 0.717) is 18.8 Å². The minimum atomic E-state index is -0.774. The second kappa shape index (κ2) is 5.13. The van der Waals surface area contributed by atoms with Crippen LogP contribution in [0.3, 0.4) is 0 Å². The van der Waals surface area contributed by atoms with Gasteiger partial charge in [-0.3, -0.25) is 10.1 Å². The van der Waals surface area contributed by atoms with Crippen molar-refractivity contribution >= 4 is 11.4 Å². The van der Waals surface area contributed by atoms with E-state index in [-0.39, 0.29) is 5.54 Å². The molecule has 0 radical (unpaired) electrons. The third-order valence-corrected chi connectivity index (χ3v) is 3.96. The van der Waals surface area contributed by atoms with Crippen LogP contribution in [0.2, 0.25) is 0 Å². The van der Waals surface area contributed by atoms with Gasteiger partial charge < -0.3 is 10.2 Å². The maximum Gasteiger partial charge on any atom is 0.327 e. The lowest BCUT2D eigenvalue weighted by atomic mass is 9.89. The van der Waals surface area contributed by atoms with E-state index >= 15 is 0 Å². The van der Waals surface area contributed by atoms with Gasteiger partial charge >= 0.3 is 5.69 Å². The Labute approximate surface area is 111 Å². The number of benzene rings is 1. The fourth-order valence-electron chi connectivity index (χ4n) is 2.43. The van der Waals surface area contributed by atoms with Crippen molar-refractivity contribution in [1.82, 2.24) is 5.32 Å². The Bertz CT molecular complexity index is 485. The van der Waals surface area contributed by atoms with E-state index in [0.717, 1.165) is 18.9 Å². The number of para-hydroxylation sites is 1. The summed E-state index contributed by atoms with van der Waals surface area (Å²) in [6.45, 7) is 3.49. The number of hydrogen-bond donors (Lipinski definition) is 1. The van der Waals surface area contributed by atoms with Crippen LogP contribution in [-0.4, -0.2) is 30.6 Å². The molecule has 0 amide bonds. The number of nitrogens with one attached hydrogen (secondary N) is 1. The average molecular weight is 267 g/mol. The van der Waals surface area contributed by atoms with Crippen LogP contribution in [-0.2, 0) is 0 Å². The van der Waals surface area contributed by atoms with Crippen LogP contribution in [0.1, 0.15) is 19.8 Å². The highest BCUT2D eigenvalue weighted by molar-refractivity contribution is 5.64. The summed E-state index contributed by atoms with van der Waals surface area (Å²) >= 11 is 0. The number of nitro benzene ring substituents is 1. The molecule has 0 aliphatic carbocycles. The van der Waals surface area contributed by atoms with E-state index in [2.05, 4.69) is 12.2 Å². The summed E-state index contributed by atoms with van der Waals surface area (Å²) in [7, 11) is 1.92. The first-order valence-electron chi connectivity index (χ1n) is 6.33. The van der Waals surface area contributed by atoms with Gasteiger partial charge in [-0.1, -0.05) is 6.07 Å². The number of nitro groups is 1. The van der Waals surface area contributed by atoms with Crippen LogP contribution in [0.5, 0.6) is 0 Å². The summed E-state index contributed by atoms with van der Waals surface area (Å²) in [4.78, 5) is 12.2. The Morgan fingerprint density at radius 1 is 1.42 bits per heavy atom. The first-order chi connectivity index (χ1) is 8.97. The highest BCUT2D eigenvalue weighted by Crippen LogP contribution is 2.34. The molecule has 5 nitrogen and oxygen atoms in total. The first kappa shape index (κ1) is 13.7. The fraction of sp³-hybridized carbons (Fsp3) is 0.538. The summed E-state index contributed by atoms with van der Waals surface area (Å²) < 4.78 is 13.6. The van der Waals surface area contributed by atoms with Gasteiger partial charge in [0.25, 0.3) is 0 Å². The molecule has 0 atom stereocenters. The first-order valence-corrected chi connectivity index (χ1v) is 6.33. The molecule has 0 aromatic heterocycles. The van der Waals surface area contributed by atoms with Gasteiger partial charge in [0.15, 0.2) is 0 Å². The van der Waals surface area contributed by atoms with Crippen molar-refractivity contribution < 1.29 is 9.31 Å². The van der Waals surface area contributed by atoms with Crippen LogP contribution < -0.4 is 10.2 Å². The lowest BCUT2D eigenvalue weighted by molar-refractivity contribution is -0.386. The Morgan fingerprint density at radius 3 is 2.58 bits per heavy atom. The fourth-order valence-corrected chi connectivity index (χ4v) is 2.43. The van der Waals surface area contributed by atoms with E-state index in [4.69, 9.17) is 0 Å². The Kier molecular flexibility index (Phi) is 3.71. The SMILES string of the molecule is CNC1(C)CCN(c2cccc(F)c2[N+](=O)[O-])CC1. The van der Waals surface area contributed by atoms with E-state index in [1.807, 2.05) is 11.9 Å². The summed E-state index contributed by atoms with van der Waals surface area (Å²) in [5.41, 5.74) is 0.0113. The highest BCUT2D eigenvalue weighted by atomic mass is 19.1. The molecule has 104 valence electrons. The molecule has 1 saturated heterocycles. The van der Waals surface area contributed by atoms with Gasteiger partial charge in [0.05, 0.1) is 4.92 Å². The maximum atomic E-state index is 13.6. The Balaban J connectivity index is 2.25. The molecule has 6 heteroatoms. The molecule has 1 aromatic carbocycles. The zero-order chi connectivity index (χ0) is 14.0. The third-order valence-electron chi connectivity index (χ3n) is 3.96. The number of halogens is 1. The minimum absolute atomic E-state index is 0.0542. The quantitative estimate of drug-likeness (QED) is 0.674. The number of anilines is 1. The van der Waals surface area contributed by atoms with Crippen molar-refractivity contribution in [2.24, 2.45) is 0 Å². The molecule has 0 bridgehead atoms. The smallest absolute Gasteiger partial charge is 0.327 e. The molecule has 0 spiro atoms. The zero-order valence-electron chi connectivity index (χ0n) is 11.1. The molecule has 19 heavy (non-hydrogen) atoms. The predicted molar refractivity (Wildman–Crippen MR) is 72.0 cm³/mol. The van der Waals surface area contributed by atoms with Gasteiger partial charge in [-0.2, -0.15) is 4.39 Å². The maximum absolute atomic E-state index is 13.6. The van der Waals surface area contributed by atoms with Crippen LogP contribution in [0, 0.1) is 15.9 Å². The van der Waals surface area contributed by atoms with Crippen molar-refractivity contribution in [3.05, 3.63) is 34.1 Å². The van der Waals surface area contributed by atoms with Gasteiger partial charge in [0.2, 0.25) is 5.82 Å². The lowest BCUT2D eigenvalue weighted by Gasteiger charge is -2.40. The number of nitrogens with zero attached hydrogens (tertiary/aromatic N) is 2. The normalized spacial score (nSPS) is 18.4. The summed E-state index contributed by atoms with van der Waals surface area (Å²) in [5.74, 6) is -0.774. The van der Waals surface area contributed by atoms with Gasteiger partial charge in [-0.05, 0) is 38.9 Å². The minimum Gasteiger partial charge on any atom is -0.366 e. The number of hydrogen-bond acceptors (Lipinski definition) is 4. The number of rotatable bonds is 3. The molecule has 1 fully saturated rings. The second-order valence-corrected chi connectivity index (χ2v) is 5.16. The second-order valence-electron chi connectivity index (χ2n) is 5.16. The van der Waals surface area contributed by atoms with Gasteiger partial charge in [0.1, 0.15) is 5.69 Å².